The number of halogens is 1. The van der Waals surface area contributed by atoms with Gasteiger partial charge in [0.05, 0.1) is 20.8 Å². The number of ether oxygens (including phenoxy) is 3. The molecule has 0 atom stereocenters. The molecule has 27 heavy (non-hydrogen) atoms. The van der Waals surface area contributed by atoms with Crippen molar-refractivity contribution in [3.8, 4) is 11.5 Å². The number of methoxy groups -OCH3 is 2. The average Bonchev–Trinajstić information content (AvgIpc) is 2.70. The fourth-order valence-electron chi connectivity index (χ4n) is 3.03. The topological polar surface area (TPSA) is 67.4 Å². The molecule has 1 heterocycles. The summed E-state index contributed by atoms with van der Waals surface area (Å²) in [6, 6.07) is 6.43. The van der Waals surface area contributed by atoms with E-state index in [0.29, 0.717) is 12.6 Å². The van der Waals surface area contributed by atoms with Crippen molar-refractivity contribution in [2.75, 3.05) is 59.0 Å². The van der Waals surface area contributed by atoms with Crippen LogP contribution >= 0.6 is 24.0 Å². The van der Waals surface area contributed by atoms with Crippen molar-refractivity contribution >= 4 is 35.6 Å². The lowest BCUT2D eigenvalue weighted by atomic mass is 10.0. The molecular formula is C19H33IN4O3. The van der Waals surface area contributed by atoms with Gasteiger partial charge in [-0.3, -0.25) is 4.99 Å². The number of aliphatic imine (C=N–C) groups is 1. The summed E-state index contributed by atoms with van der Waals surface area (Å²) >= 11 is 0. The molecule has 1 fully saturated rings. The number of rotatable bonds is 8. The van der Waals surface area contributed by atoms with Gasteiger partial charge in [-0.25, -0.2) is 0 Å². The Bertz CT molecular complexity index is 556. The first-order valence-corrected chi connectivity index (χ1v) is 9.23. The number of anilines is 1. The smallest absolute Gasteiger partial charge is 0.191 e. The SMILES string of the molecule is CCOCCNC(=NC)NC1CCN(c2cc(OC)cc(OC)c2)CC1.I. The minimum absolute atomic E-state index is 0. The second-order valence-electron chi connectivity index (χ2n) is 6.17. The highest BCUT2D eigenvalue weighted by Crippen LogP contribution is 2.30. The molecule has 1 saturated heterocycles. The van der Waals surface area contributed by atoms with Crippen LogP contribution in [-0.2, 0) is 4.74 Å². The zero-order valence-electron chi connectivity index (χ0n) is 16.8. The molecular weight excluding hydrogens is 459 g/mol. The molecule has 2 N–H and O–H groups in total. The molecule has 7 nitrogen and oxygen atoms in total. The van der Waals surface area contributed by atoms with Gasteiger partial charge < -0.3 is 29.7 Å². The molecule has 0 spiro atoms. The summed E-state index contributed by atoms with van der Waals surface area (Å²) in [5, 5.41) is 6.80. The Kier molecular flexibility index (Phi) is 11.3. The van der Waals surface area contributed by atoms with E-state index in [4.69, 9.17) is 14.2 Å². The minimum atomic E-state index is 0. The van der Waals surface area contributed by atoms with Crippen LogP contribution in [0.1, 0.15) is 19.8 Å². The standard InChI is InChI=1S/C19H32N4O3.HI/c1-5-26-11-8-21-19(20-2)22-15-6-9-23(10-7-15)16-12-17(24-3)14-18(13-16)25-4;/h12-15H,5-11H2,1-4H3,(H2,20,21,22);1H. The van der Waals surface area contributed by atoms with Crippen molar-refractivity contribution in [3.63, 3.8) is 0 Å². The molecule has 0 radical (unpaired) electrons. The van der Waals surface area contributed by atoms with Gasteiger partial charge in [0.25, 0.3) is 0 Å². The van der Waals surface area contributed by atoms with Gasteiger partial charge >= 0.3 is 0 Å². The number of nitrogens with one attached hydrogen (secondary N) is 2. The Hall–Kier alpha value is -1.42. The highest BCUT2D eigenvalue weighted by Gasteiger charge is 2.21. The van der Waals surface area contributed by atoms with Gasteiger partial charge in [-0.2, -0.15) is 0 Å². The number of hydrogen-bond donors (Lipinski definition) is 2. The van der Waals surface area contributed by atoms with Gasteiger partial charge in [-0.05, 0) is 19.8 Å². The first kappa shape index (κ1) is 23.6. The quantitative estimate of drug-likeness (QED) is 0.252. The van der Waals surface area contributed by atoms with Crippen LogP contribution in [0.3, 0.4) is 0 Å². The Balaban J connectivity index is 0.00000364. The van der Waals surface area contributed by atoms with Crippen molar-refractivity contribution in [3.05, 3.63) is 18.2 Å². The monoisotopic (exact) mass is 492 g/mol. The molecule has 0 aromatic heterocycles. The average molecular weight is 492 g/mol. The van der Waals surface area contributed by atoms with Crippen LogP contribution < -0.4 is 25.0 Å². The van der Waals surface area contributed by atoms with Crippen molar-refractivity contribution in [2.45, 2.75) is 25.8 Å². The van der Waals surface area contributed by atoms with Crippen molar-refractivity contribution < 1.29 is 14.2 Å². The first-order chi connectivity index (χ1) is 12.7. The number of guanidine groups is 1. The molecule has 1 aromatic carbocycles. The molecule has 1 aliphatic rings. The van der Waals surface area contributed by atoms with Crippen LogP contribution in [0.25, 0.3) is 0 Å². The summed E-state index contributed by atoms with van der Waals surface area (Å²) in [6.45, 7) is 6.14. The van der Waals surface area contributed by atoms with E-state index in [1.165, 1.54) is 0 Å². The largest absolute Gasteiger partial charge is 0.497 e. The third-order valence-corrected chi connectivity index (χ3v) is 4.50. The maximum atomic E-state index is 5.38. The fourth-order valence-corrected chi connectivity index (χ4v) is 3.03. The van der Waals surface area contributed by atoms with Gasteiger partial charge in [0, 0.05) is 63.2 Å². The third kappa shape index (κ3) is 7.61. The van der Waals surface area contributed by atoms with Gasteiger partial charge in [-0.15, -0.1) is 24.0 Å². The maximum absolute atomic E-state index is 5.38. The highest BCUT2D eigenvalue weighted by atomic mass is 127. The summed E-state index contributed by atoms with van der Waals surface area (Å²) < 4.78 is 16.1. The molecule has 2 rings (SSSR count). The van der Waals surface area contributed by atoms with Crippen LogP contribution in [-0.4, -0.2) is 66.1 Å². The predicted octanol–water partition coefficient (Wildman–Crippen LogP) is 2.49. The summed E-state index contributed by atoms with van der Waals surface area (Å²) in [6.07, 6.45) is 2.09. The summed E-state index contributed by atoms with van der Waals surface area (Å²) in [5.74, 6) is 2.48. The van der Waals surface area contributed by atoms with Crippen LogP contribution in [0, 0.1) is 0 Å². The number of hydrogen-bond acceptors (Lipinski definition) is 5. The van der Waals surface area contributed by atoms with E-state index in [9.17, 15) is 0 Å². The zero-order valence-corrected chi connectivity index (χ0v) is 19.1. The van der Waals surface area contributed by atoms with Crippen LogP contribution in [0.4, 0.5) is 5.69 Å². The maximum Gasteiger partial charge on any atom is 0.191 e. The molecule has 0 saturated carbocycles. The molecule has 154 valence electrons. The van der Waals surface area contributed by atoms with E-state index in [1.54, 1.807) is 21.3 Å². The molecule has 1 aromatic rings. The summed E-state index contributed by atoms with van der Waals surface area (Å²) in [5.41, 5.74) is 1.14. The molecule has 8 heteroatoms. The fraction of sp³-hybridized carbons (Fsp3) is 0.632. The van der Waals surface area contributed by atoms with E-state index in [1.807, 2.05) is 13.0 Å². The molecule has 0 unspecified atom stereocenters. The lowest BCUT2D eigenvalue weighted by molar-refractivity contribution is 0.152. The Morgan fingerprint density at radius 1 is 1.15 bits per heavy atom. The first-order valence-electron chi connectivity index (χ1n) is 9.23. The lowest BCUT2D eigenvalue weighted by Crippen LogP contribution is -2.49. The Morgan fingerprint density at radius 2 is 1.78 bits per heavy atom. The van der Waals surface area contributed by atoms with Crippen LogP contribution in [0.2, 0.25) is 0 Å². The second kappa shape index (κ2) is 12.9. The van der Waals surface area contributed by atoms with Crippen LogP contribution in [0.5, 0.6) is 11.5 Å². The number of benzene rings is 1. The Labute approximate surface area is 179 Å². The van der Waals surface area contributed by atoms with Crippen LogP contribution in [0.15, 0.2) is 23.2 Å². The highest BCUT2D eigenvalue weighted by molar-refractivity contribution is 14.0. The van der Waals surface area contributed by atoms with Gasteiger partial charge in [0.15, 0.2) is 5.96 Å². The molecule has 0 amide bonds. The van der Waals surface area contributed by atoms with E-state index in [0.717, 1.165) is 62.2 Å². The van der Waals surface area contributed by atoms with Gasteiger partial charge in [0.1, 0.15) is 11.5 Å². The van der Waals surface area contributed by atoms with E-state index in [2.05, 4.69) is 32.7 Å². The van der Waals surface area contributed by atoms with E-state index in [-0.39, 0.29) is 24.0 Å². The Morgan fingerprint density at radius 3 is 2.30 bits per heavy atom. The van der Waals surface area contributed by atoms with Crippen molar-refractivity contribution in [1.29, 1.82) is 0 Å². The van der Waals surface area contributed by atoms with E-state index >= 15 is 0 Å². The molecule has 0 bridgehead atoms. The normalized spacial score (nSPS) is 15.1. The summed E-state index contributed by atoms with van der Waals surface area (Å²) in [7, 11) is 5.16. The molecule has 0 aliphatic carbocycles. The minimum Gasteiger partial charge on any atom is -0.497 e. The molecule has 1 aliphatic heterocycles. The third-order valence-electron chi connectivity index (χ3n) is 4.50. The zero-order chi connectivity index (χ0) is 18.8. The second-order valence-corrected chi connectivity index (χ2v) is 6.17. The predicted molar refractivity (Wildman–Crippen MR) is 121 cm³/mol. The van der Waals surface area contributed by atoms with Gasteiger partial charge in [0.2, 0.25) is 0 Å². The lowest BCUT2D eigenvalue weighted by Gasteiger charge is -2.34. The number of nitrogens with zero attached hydrogens (tertiary/aromatic N) is 2. The summed E-state index contributed by atoms with van der Waals surface area (Å²) in [4.78, 5) is 6.66. The van der Waals surface area contributed by atoms with Crippen molar-refractivity contribution in [2.24, 2.45) is 4.99 Å². The van der Waals surface area contributed by atoms with Gasteiger partial charge in [-0.1, -0.05) is 0 Å². The van der Waals surface area contributed by atoms with E-state index < -0.39 is 0 Å². The number of piperidine rings is 1. The van der Waals surface area contributed by atoms with Crippen molar-refractivity contribution in [1.82, 2.24) is 10.6 Å².